The Kier molecular flexibility index (Phi) is 21.4. The molecular formula is C66H72N6O13S. The number of rotatable bonds is 19. The number of carbonyl (C=O) groups is 2. The maximum atomic E-state index is 13.9. The van der Waals surface area contributed by atoms with Crippen molar-refractivity contribution in [1.29, 1.82) is 0 Å². The number of methoxy groups -OCH3 is 6. The number of tetrazole rings is 1. The number of nitrogens with one attached hydrogen (secondary N) is 1. The van der Waals surface area contributed by atoms with Gasteiger partial charge in [-0.1, -0.05) is 96.1 Å². The molecule has 0 bridgehead atoms. The number of ether oxygens (including phenoxy) is 9. The zero-order chi connectivity index (χ0) is 61.2. The molecule has 86 heavy (non-hydrogen) atoms. The van der Waals surface area contributed by atoms with E-state index in [1.807, 2.05) is 78.9 Å². The molecule has 3 heterocycles. The van der Waals surface area contributed by atoms with Crippen molar-refractivity contribution in [1.82, 2.24) is 30.4 Å². The number of benzene rings is 7. The predicted molar refractivity (Wildman–Crippen MR) is 326 cm³/mol. The van der Waals surface area contributed by atoms with E-state index in [0.717, 1.165) is 64.5 Å². The number of aldehydes is 1. The molecule has 1 amide bonds. The second-order valence-corrected chi connectivity index (χ2v) is 22.7. The number of sulfone groups is 1. The molecule has 0 radical (unpaired) electrons. The third-order valence-electron chi connectivity index (χ3n) is 14.0. The second-order valence-electron chi connectivity index (χ2n) is 20.8. The van der Waals surface area contributed by atoms with Gasteiger partial charge in [0.05, 0.1) is 71.7 Å². The van der Waals surface area contributed by atoms with Gasteiger partial charge in [-0.3, -0.25) is 9.69 Å². The Morgan fingerprint density at radius 1 is 0.616 bits per heavy atom. The minimum absolute atomic E-state index is 0.0618. The van der Waals surface area contributed by atoms with E-state index in [-0.39, 0.29) is 17.7 Å². The zero-order valence-corrected chi connectivity index (χ0v) is 50.5. The molecule has 1 N–H and O–H groups in total. The van der Waals surface area contributed by atoms with Crippen LogP contribution in [0.2, 0.25) is 0 Å². The molecule has 0 spiro atoms. The van der Waals surface area contributed by atoms with Crippen LogP contribution < -0.4 is 43.2 Å². The molecule has 0 saturated heterocycles. The smallest absolute Gasteiger partial charge is 0.410 e. The molecule has 7 aromatic carbocycles. The van der Waals surface area contributed by atoms with Gasteiger partial charge < -0.3 is 47.9 Å². The van der Waals surface area contributed by atoms with Crippen molar-refractivity contribution in [2.75, 3.05) is 61.5 Å². The van der Waals surface area contributed by atoms with Crippen molar-refractivity contribution in [3.05, 3.63) is 202 Å². The van der Waals surface area contributed by atoms with Crippen LogP contribution in [-0.4, -0.2) is 113 Å². The van der Waals surface area contributed by atoms with E-state index in [1.54, 1.807) is 97.7 Å². The summed E-state index contributed by atoms with van der Waals surface area (Å²) in [5.74, 6) is 4.80. The number of para-hydroxylation sites is 1. The Morgan fingerprint density at radius 2 is 1.14 bits per heavy atom. The molecule has 0 fully saturated rings. The van der Waals surface area contributed by atoms with Gasteiger partial charge in [-0.25, -0.2) is 13.2 Å². The molecule has 10 rings (SSSR count). The summed E-state index contributed by atoms with van der Waals surface area (Å²) in [6.45, 7) is 7.27. The first-order valence-electron chi connectivity index (χ1n) is 27.7. The maximum Gasteiger partial charge on any atom is 0.410 e. The van der Waals surface area contributed by atoms with Crippen LogP contribution in [0.1, 0.15) is 82.2 Å². The summed E-state index contributed by atoms with van der Waals surface area (Å²) in [5.41, 5.74) is 7.24. The van der Waals surface area contributed by atoms with Crippen LogP contribution in [0, 0.1) is 0 Å². The first-order chi connectivity index (χ1) is 41.6. The third kappa shape index (κ3) is 16.1. The summed E-state index contributed by atoms with van der Waals surface area (Å²) in [7, 11) is 5.50. The Labute approximate surface area is 502 Å². The molecule has 0 saturated carbocycles. The van der Waals surface area contributed by atoms with Crippen LogP contribution in [0.3, 0.4) is 0 Å². The van der Waals surface area contributed by atoms with Crippen molar-refractivity contribution in [3.8, 4) is 51.7 Å². The Hall–Kier alpha value is -9.40. The Morgan fingerprint density at radius 3 is 1.67 bits per heavy atom. The molecule has 2 atom stereocenters. The molecule has 20 heteroatoms. The minimum Gasteiger partial charge on any atom is -0.497 e. The van der Waals surface area contributed by atoms with E-state index >= 15 is 0 Å². The predicted octanol–water partition coefficient (Wildman–Crippen LogP) is 11.3. The lowest BCUT2D eigenvalue weighted by molar-refractivity contribution is 0.0162. The van der Waals surface area contributed by atoms with Gasteiger partial charge in [-0.05, 0) is 150 Å². The van der Waals surface area contributed by atoms with Crippen molar-refractivity contribution in [2.24, 2.45) is 0 Å². The first-order valence-corrected chi connectivity index (χ1v) is 29.4. The fourth-order valence-corrected chi connectivity index (χ4v) is 11.2. The number of carbonyl (C=O) groups excluding carboxylic acids is 2. The summed E-state index contributed by atoms with van der Waals surface area (Å²) >= 11 is 0. The minimum atomic E-state index is -4.12. The van der Waals surface area contributed by atoms with Crippen molar-refractivity contribution in [3.63, 3.8) is 0 Å². The lowest BCUT2D eigenvalue weighted by Crippen LogP contribution is -2.45. The second kappa shape index (κ2) is 29.4. The first kappa shape index (κ1) is 62.6. The molecule has 1 aromatic heterocycles. The van der Waals surface area contributed by atoms with Gasteiger partial charge in [0.1, 0.15) is 41.8 Å². The molecule has 450 valence electrons. The molecular weight excluding hydrogens is 1120 g/mol. The summed E-state index contributed by atoms with van der Waals surface area (Å²) in [6.07, 6.45) is 5.76. The summed E-state index contributed by atoms with van der Waals surface area (Å²) in [6, 6.07) is 46.5. The SMILES string of the molecule is COc1cc2c(cc1OCc1ccccc1)CCN(C(=O)OC(C)(C)C)C2CS(=O)(=O)c1nnnn1-c1ccccc1.COc1ccc(OC)c(/C=C/C2NCCc3cc(OCc4ccccc4)c(OC)cc32)c1.COc1ccc(OC)c(C=O)c1. The topological polar surface area (TPSA) is 210 Å². The van der Waals surface area contributed by atoms with Crippen LogP contribution in [0.5, 0.6) is 46.0 Å². The Balaban J connectivity index is 0.000000192. The van der Waals surface area contributed by atoms with E-state index < -0.39 is 33.3 Å². The lowest BCUT2D eigenvalue weighted by atomic mass is 9.93. The summed E-state index contributed by atoms with van der Waals surface area (Å²) in [4.78, 5) is 25.4. The van der Waals surface area contributed by atoms with Gasteiger partial charge >= 0.3 is 6.09 Å². The molecule has 8 aromatic rings. The summed E-state index contributed by atoms with van der Waals surface area (Å²) in [5, 5.41) is 14.7. The van der Waals surface area contributed by atoms with E-state index in [0.29, 0.717) is 59.4 Å². The number of amides is 1. The highest BCUT2D eigenvalue weighted by Crippen LogP contribution is 2.41. The van der Waals surface area contributed by atoms with Crippen LogP contribution in [0.25, 0.3) is 11.8 Å². The number of aromatic nitrogens is 4. The number of hydrogen-bond acceptors (Lipinski definition) is 17. The van der Waals surface area contributed by atoms with Crippen molar-refractivity contribution >= 4 is 28.3 Å². The molecule has 2 aliphatic rings. The standard InChI is InChI=1S/C30H33N5O6S.C27H29NO4.C9H10O3/c1-30(2,3)41-29(36)34-16-15-22-17-27(40-19-21-11-7-5-8-12-21)26(39-4)18-24(22)25(34)20-42(37,38)28-31-32-33-35(28)23-13-9-6-10-14-23;1-29-22-10-12-25(30-2)21(15-22)9-11-24-23-17-26(31-3)27(16-20(23)13-14-28-24)32-18-19-7-5-4-6-8-19;1-11-8-3-4-9(12-2)7(5-8)6-10/h5-14,17-18,25H,15-16,19-20H2,1-4H3;4-12,15-17,24,28H,13-14,18H2,1-3H3;3-6H,1-2H3/b;11-9+;. The van der Waals surface area contributed by atoms with Crippen LogP contribution in [0.15, 0.2) is 163 Å². The highest BCUT2D eigenvalue weighted by molar-refractivity contribution is 7.91. The van der Waals surface area contributed by atoms with Crippen LogP contribution in [-0.2, 0) is 40.6 Å². The molecule has 19 nitrogen and oxygen atoms in total. The normalized spacial score (nSPS) is 14.4. The number of nitrogens with zero attached hydrogens (tertiary/aromatic N) is 5. The van der Waals surface area contributed by atoms with Crippen molar-refractivity contribution < 1.29 is 60.6 Å². The molecule has 2 aliphatic heterocycles. The fourth-order valence-electron chi connectivity index (χ4n) is 9.70. The third-order valence-corrected chi connectivity index (χ3v) is 15.5. The lowest BCUT2D eigenvalue weighted by Gasteiger charge is -2.38. The average molecular weight is 1190 g/mol. The maximum absolute atomic E-state index is 13.9. The van der Waals surface area contributed by atoms with Crippen molar-refractivity contribution in [2.45, 2.75) is 69.7 Å². The quantitative estimate of drug-likeness (QED) is 0.0746. The average Bonchev–Trinajstić information content (AvgIpc) is 1.76. The van der Waals surface area contributed by atoms with Gasteiger partial charge in [0.15, 0.2) is 29.3 Å². The van der Waals surface area contributed by atoms with Gasteiger partial charge in [0, 0.05) is 18.7 Å². The monoisotopic (exact) mass is 1190 g/mol. The highest BCUT2D eigenvalue weighted by Gasteiger charge is 2.40. The molecule has 0 aliphatic carbocycles. The number of fused-ring (bicyclic) bond motifs is 2. The van der Waals surface area contributed by atoms with Crippen LogP contribution in [0.4, 0.5) is 4.79 Å². The summed E-state index contributed by atoms with van der Waals surface area (Å²) < 4.78 is 79.0. The Bertz CT molecular complexity index is 3690. The van der Waals surface area contributed by atoms with Gasteiger partial charge in [-0.15, -0.1) is 0 Å². The van der Waals surface area contributed by atoms with E-state index in [9.17, 15) is 18.0 Å². The number of hydrogen-bond donors (Lipinski definition) is 1. The van der Waals surface area contributed by atoms with Gasteiger partial charge in [0.25, 0.3) is 5.16 Å². The van der Waals surface area contributed by atoms with E-state index in [4.69, 9.17) is 42.6 Å². The highest BCUT2D eigenvalue weighted by atomic mass is 32.2. The zero-order valence-electron chi connectivity index (χ0n) is 49.7. The van der Waals surface area contributed by atoms with Gasteiger partial charge in [0.2, 0.25) is 9.84 Å². The van der Waals surface area contributed by atoms with Crippen LogP contribution >= 0.6 is 0 Å². The fraction of sp³-hybridized carbons (Fsp3) is 0.288. The van der Waals surface area contributed by atoms with E-state index in [2.05, 4.69) is 57.3 Å². The van der Waals surface area contributed by atoms with Gasteiger partial charge in [-0.2, -0.15) is 4.68 Å². The molecule has 2 unspecified atom stereocenters. The largest absolute Gasteiger partial charge is 0.497 e. The van der Waals surface area contributed by atoms with E-state index in [1.165, 1.54) is 34.9 Å².